The van der Waals surface area contributed by atoms with Crippen LogP contribution in [0.3, 0.4) is 0 Å². The molecule has 0 aliphatic carbocycles. The van der Waals surface area contributed by atoms with E-state index in [1.165, 1.54) is 4.90 Å². The van der Waals surface area contributed by atoms with Crippen molar-refractivity contribution in [3.05, 3.63) is 0 Å². The monoisotopic (exact) mass is 230 g/mol. The highest BCUT2D eigenvalue weighted by atomic mass is 16.4. The van der Waals surface area contributed by atoms with Crippen LogP contribution in [0.1, 0.15) is 39.5 Å². The van der Waals surface area contributed by atoms with E-state index >= 15 is 0 Å². The first-order chi connectivity index (χ1) is 7.61. The summed E-state index contributed by atoms with van der Waals surface area (Å²) >= 11 is 0. The predicted molar refractivity (Wildman–Crippen MR) is 62.4 cm³/mol. The minimum absolute atomic E-state index is 0.00375. The van der Waals surface area contributed by atoms with Crippen LogP contribution >= 0.6 is 0 Å². The molecule has 0 saturated carbocycles. The van der Waals surface area contributed by atoms with Gasteiger partial charge < -0.3 is 15.3 Å². The highest BCUT2D eigenvalue weighted by Gasteiger charge is 2.11. The molecule has 2 amide bonds. The van der Waals surface area contributed by atoms with E-state index in [1.54, 1.807) is 0 Å². The second kappa shape index (κ2) is 9.00. The first kappa shape index (κ1) is 14.7. The number of nitrogens with one attached hydrogen (secondary N) is 1. The smallest absolute Gasteiger partial charge is 0.317 e. The van der Waals surface area contributed by atoms with E-state index in [2.05, 4.69) is 12.2 Å². The van der Waals surface area contributed by atoms with Gasteiger partial charge in [-0.15, -0.1) is 0 Å². The normalized spacial score (nSPS) is 9.88. The van der Waals surface area contributed by atoms with Gasteiger partial charge in [-0.1, -0.05) is 19.8 Å². The molecule has 0 fully saturated rings. The van der Waals surface area contributed by atoms with Crippen LogP contribution in [0.2, 0.25) is 0 Å². The number of hydrogen-bond donors (Lipinski definition) is 2. The van der Waals surface area contributed by atoms with Crippen LogP contribution in [0, 0.1) is 0 Å². The van der Waals surface area contributed by atoms with E-state index in [4.69, 9.17) is 5.11 Å². The molecule has 0 rings (SSSR count). The third kappa shape index (κ3) is 7.09. The summed E-state index contributed by atoms with van der Waals surface area (Å²) in [5, 5.41) is 11.3. The summed E-state index contributed by atoms with van der Waals surface area (Å²) in [4.78, 5) is 23.5. The van der Waals surface area contributed by atoms with Gasteiger partial charge in [0.05, 0.1) is 6.42 Å². The predicted octanol–water partition coefficient (Wildman–Crippen LogP) is 1.68. The summed E-state index contributed by atoms with van der Waals surface area (Å²) in [5.41, 5.74) is 0. The van der Waals surface area contributed by atoms with Crippen molar-refractivity contribution in [2.75, 3.05) is 19.6 Å². The molecule has 0 bridgehead atoms. The first-order valence-corrected chi connectivity index (χ1v) is 5.86. The van der Waals surface area contributed by atoms with Crippen LogP contribution < -0.4 is 5.32 Å². The molecular weight excluding hydrogens is 208 g/mol. The maximum Gasteiger partial charge on any atom is 0.317 e. The van der Waals surface area contributed by atoms with Gasteiger partial charge in [-0.05, 0) is 13.3 Å². The van der Waals surface area contributed by atoms with Gasteiger partial charge in [0.25, 0.3) is 0 Å². The Labute approximate surface area is 96.8 Å². The Balaban J connectivity index is 3.77. The lowest BCUT2D eigenvalue weighted by Gasteiger charge is -2.20. The number of carboxylic acid groups (broad SMARTS) is 1. The molecule has 0 aliphatic rings. The minimum atomic E-state index is -0.878. The third-order valence-corrected chi connectivity index (χ3v) is 2.32. The average molecular weight is 230 g/mol. The van der Waals surface area contributed by atoms with Gasteiger partial charge in [0.15, 0.2) is 0 Å². The number of aliphatic carboxylic acids is 1. The fourth-order valence-corrected chi connectivity index (χ4v) is 1.32. The number of rotatable bonds is 8. The van der Waals surface area contributed by atoms with Gasteiger partial charge in [-0.2, -0.15) is 0 Å². The topological polar surface area (TPSA) is 69.6 Å². The van der Waals surface area contributed by atoms with E-state index in [0.29, 0.717) is 13.1 Å². The van der Waals surface area contributed by atoms with E-state index in [9.17, 15) is 9.59 Å². The molecule has 0 saturated heterocycles. The molecule has 0 aromatic rings. The first-order valence-electron chi connectivity index (χ1n) is 5.86. The van der Waals surface area contributed by atoms with Crippen molar-refractivity contribution < 1.29 is 14.7 Å². The molecule has 2 N–H and O–H groups in total. The van der Waals surface area contributed by atoms with Crippen LogP contribution in [0.4, 0.5) is 4.79 Å². The van der Waals surface area contributed by atoms with Crippen molar-refractivity contribution >= 4 is 12.0 Å². The Hall–Kier alpha value is -1.26. The SMILES string of the molecule is CCCCCNC(=O)N(CC)CCC(=O)O. The zero-order valence-electron chi connectivity index (χ0n) is 10.2. The zero-order chi connectivity index (χ0) is 12.4. The molecule has 94 valence electrons. The number of nitrogens with zero attached hydrogens (tertiary/aromatic N) is 1. The molecular formula is C11H22N2O3. The maximum atomic E-state index is 11.6. The van der Waals surface area contributed by atoms with Crippen molar-refractivity contribution in [2.24, 2.45) is 0 Å². The lowest BCUT2D eigenvalue weighted by molar-refractivity contribution is -0.137. The Morgan fingerprint density at radius 3 is 2.44 bits per heavy atom. The molecule has 16 heavy (non-hydrogen) atoms. The quantitative estimate of drug-likeness (QED) is 0.623. The summed E-state index contributed by atoms with van der Waals surface area (Å²) in [5.74, 6) is -0.878. The standard InChI is InChI=1S/C11H22N2O3/c1-3-5-6-8-12-11(16)13(4-2)9-7-10(14)15/h3-9H2,1-2H3,(H,12,16)(H,14,15). The second-order valence-corrected chi connectivity index (χ2v) is 3.66. The number of urea groups is 1. The molecule has 0 aliphatic heterocycles. The molecule has 5 nitrogen and oxygen atoms in total. The second-order valence-electron chi connectivity index (χ2n) is 3.66. The molecule has 0 unspecified atom stereocenters. The lowest BCUT2D eigenvalue weighted by atomic mass is 10.2. The number of unbranched alkanes of at least 4 members (excludes halogenated alkanes) is 2. The van der Waals surface area contributed by atoms with Gasteiger partial charge in [0.2, 0.25) is 0 Å². The maximum absolute atomic E-state index is 11.6. The van der Waals surface area contributed by atoms with Crippen molar-refractivity contribution in [1.29, 1.82) is 0 Å². The highest BCUT2D eigenvalue weighted by Crippen LogP contribution is 1.95. The summed E-state index contributed by atoms with van der Waals surface area (Å²) < 4.78 is 0. The molecule has 0 aromatic heterocycles. The van der Waals surface area contributed by atoms with E-state index < -0.39 is 5.97 Å². The van der Waals surface area contributed by atoms with Crippen molar-refractivity contribution in [2.45, 2.75) is 39.5 Å². The van der Waals surface area contributed by atoms with Gasteiger partial charge >= 0.3 is 12.0 Å². The molecule has 5 heteroatoms. The van der Waals surface area contributed by atoms with Crippen LogP contribution in [0.5, 0.6) is 0 Å². The van der Waals surface area contributed by atoms with Crippen LogP contribution in [0.15, 0.2) is 0 Å². The summed E-state index contributed by atoms with van der Waals surface area (Å²) in [6, 6.07) is -0.167. The van der Waals surface area contributed by atoms with E-state index in [1.807, 2.05) is 6.92 Å². The van der Waals surface area contributed by atoms with Crippen molar-refractivity contribution in [3.8, 4) is 0 Å². The van der Waals surface area contributed by atoms with Crippen LogP contribution in [-0.2, 0) is 4.79 Å². The summed E-state index contributed by atoms with van der Waals surface area (Å²) in [7, 11) is 0. The third-order valence-electron chi connectivity index (χ3n) is 2.32. The Morgan fingerprint density at radius 2 is 1.94 bits per heavy atom. The Kier molecular flexibility index (Phi) is 8.29. The molecule has 0 atom stereocenters. The minimum Gasteiger partial charge on any atom is -0.481 e. The van der Waals surface area contributed by atoms with Crippen LogP contribution in [-0.4, -0.2) is 41.6 Å². The van der Waals surface area contributed by atoms with E-state index in [-0.39, 0.29) is 19.0 Å². The fraction of sp³-hybridized carbons (Fsp3) is 0.818. The molecule has 0 radical (unpaired) electrons. The number of carbonyl (C=O) groups excluding carboxylic acids is 1. The van der Waals surface area contributed by atoms with Gasteiger partial charge in [0.1, 0.15) is 0 Å². The van der Waals surface area contributed by atoms with Gasteiger partial charge in [-0.25, -0.2) is 4.79 Å². The molecule has 0 aromatic carbocycles. The van der Waals surface area contributed by atoms with Crippen molar-refractivity contribution in [1.82, 2.24) is 10.2 Å². The number of hydrogen-bond acceptors (Lipinski definition) is 2. The lowest BCUT2D eigenvalue weighted by Crippen LogP contribution is -2.41. The molecule has 0 heterocycles. The van der Waals surface area contributed by atoms with E-state index in [0.717, 1.165) is 19.3 Å². The van der Waals surface area contributed by atoms with Crippen LogP contribution in [0.25, 0.3) is 0 Å². The summed E-state index contributed by atoms with van der Waals surface area (Å²) in [6.45, 7) is 5.41. The largest absolute Gasteiger partial charge is 0.481 e. The Morgan fingerprint density at radius 1 is 1.25 bits per heavy atom. The number of amides is 2. The van der Waals surface area contributed by atoms with Crippen molar-refractivity contribution in [3.63, 3.8) is 0 Å². The highest BCUT2D eigenvalue weighted by molar-refractivity contribution is 5.75. The average Bonchev–Trinajstić information content (AvgIpc) is 2.25. The fourth-order valence-electron chi connectivity index (χ4n) is 1.32. The summed E-state index contributed by atoms with van der Waals surface area (Å²) in [6.07, 6.45) is 3.18. The molecule has 0 spiro atoms. The zero-order valence-corrected chi connectivity index (χ0v) is 10.2. The van der Waals surface area contributed by atoms with Gasteiger partial charge in [-0.3, -0.25) is 4.79 Å². The number of carboxylic acids is 1. The van der Waals surface area contributed by atoms with Gasteiger partial charge in [0, 0.05) is 19.6 Å². The Bertz CT molecular complexity index is 219. The number of carbonyl (C=O) groups is 2.